The van der Waals surface area contributed by atoms with Crippen LogP contribution in [0.2, 0.25) is 0 Å². The van der Waals surface area contributed by atoms with Crippen LogP contribution >= 0.6 is 0 Å². The van der Waals surface area contributed by atoms with Gasteiger partial charge in [0.15, 0.2) is 9.92 Å². The predicted molar refractivity (Wildman–Crippen MR) is 116 cm³/mol. The lowest BCUT2D eigenvalue weighted by Crippen LogP contribution is -2.19. The van der Waals surface area contributed by atoms with Crippen LogP contribution in [0.25, 0.3) is 0 Å². The van der Waals surface area contributed by atoms with Gasteiger partial charge in [0.2, 0.25) is 5.88 Å². The van der Waals surface area contributed by atoms with Gasteiger partial charge in [0.25, 0.3) is 0 Å². The highest BCUT2D eigenvalue weighted by Gasteiger charge is 2.32. The molecule has 10 heteroatoms. The van der Waals surface area contributed by atoms with Gasteiger partial charge in [-0.2, -0.15) is 5.10 Å². The normalized spacial score (nSPS) is 22.9. The molecular weight excluding hydrogens is 418 g/mol. The highest BCUT2D eigenvalue weighted by Crippen LogP contribution is 2.44. The number of nitrogens with two attached hydrogens (primary N) is 1. The number of aromatic nitrogens is 2. The monoisotopic (exact) mass is 445 g/mol. The van der Waals surface area contributed by atoms with Crippen molar-refractivity contribution in [3.63, 3.8) is 0 Å². The molecule has 1 unspecified atom stereocenters. The van der Waals surface area contributed by atoms with Crippen molar-refractivity contribution in [2.75, 3.05) is 25.6 Å². The number of hydrogen-bond donors (Lipinski definition) is 2. The molecule has 0 saturated heterocycles. The van der Waals surface area contributed by atoms with Gasteiger partial charge in [0, 0.05) is 18.7 Å². The summed E-state index contributed by atoms with van der Waals surface area (Å²) in [5.41, 5.74) is 5.61. The van der Waals surface area contributed by atoms with E-state index < -0.39 is 15.9 Å². The Kier molecular flexibility index (Phi) is 5.03. The van der Waals surface area contributed by atoms with Crippen LogP contribution in [0.5, 0.6) is 5.88 Å². The average molecular weight is 446 g/mol. The zero-order valence-corrected chi connectivity index (χ0v) is 18.5. The third-order valence-corrected chi connectivity index (χ3v) is 7.77. The number of nitrogens with zero attached hydrogens (tertiary/aromatic N) is 3. The zero-order chi connectivity index (χ0) is 21.8. The molecule has 3 atom stereocenters. The summed E-state index contributed by atoms with van der Waals surface area (Å²) in [6.45, 7) is 2.95. The second-order valence-electron chi connectivity index (χ2n) is 8.52. The highest BCUT2D eigenvalue weighted by atomic mass is 32.2. The topological polar surface area (TPSA) is 121 Å². The Labute approximate surface area is 181 Å². The first kappa shape index (κ1) is 20.5. The van der Waals surface area contributed by atoms with Crippen LogP contribution in [0.15, 0.2) is 21.5 Å². The van der Waals surface area contributed by atoms with Gasteiger partial charge in [-0.3, -0.25) is 0 Å². The Bertz CT molecular complexity index is 1180. The molecule has 2 amide bonds. The van der Waals surface area contributed by atoms with Crippen LogP contribution in [0.3, 0.4) is 0 Å². The first-order valence-electron chi connectivity index (χ1n) is 10.6. The lowest BCUT2D eigenvalue weighted by atomic mass is 9.94. The van der Waals surface area contributed by atoms with Gasteiger partial charge in [0.1, 0.15) is 11.5 Å². The van der Waals surface area contributed by atoms with Crippen LogP contribution in [0.1, 0.15) is 54.0 Å². The quantitative estimate of drug-likeness (QED) is 0.749. The number of aryl methyl sites for hydroxylation is 2. The summed E-state index contributed by atoms with van der Waals surface area (Å²) in [6, 6.07) is 1.57. The number of anilines is 1. The van der Waals surface area contributed by atoms with E-state index in [1.54, 1.807) is 11.8 Å². The number of carbonyl (C=O) groups excluding carboxylic acids is 1. The lowest BCUT2D eigenvalue weighted by Gasteiger charge is -2.19. The Hall–Kier alpha value is -2.43. The maximum atomic E-state index is 13.1. The molecule has 5 rings (SSSR count). The number of benzene rings is 1. The average Bonchev–Trinajstić information content (AvgIpc) is 3.47. The van der Waals surface area contributed by atoms with Crippen molar-refractivity contribution in [1.29, 1.82) is 0 Å². The zero-order valence-electron chi connectivity index (χ0n) is 17.7. The largest absolute Gasteiger partial charge is 0.475 e. The minimum atomic E-state index is -3.51. The molecule has 0 bridgehead atoms. The van der Waals surface area contributed by atoms with Crippen LogP contribution in [0.4, 0.5) is 10.5 Å². The van der Waals surface area contributed by atoms with E-state index in [1.807, 2.05) is 6.92 Å². The molecule has 3 N–H and O–H groups in total. The fraction of sp³-hybridized carbons (Fsp3) is 0.524. The number of ether oxygens (including phenoxy) is 2. The number of fused-ring (bicyclic) bond motifs is 3. The molecule has 0 fully saturated rings. The van der Waals surface area contributed by atoms with E-state index in [9.17, 15) is 9.00 Å². The number of rotatable bonds is 4. The van der Waals surface area contributed by atoms with Gasteiger partial charge in [-0.05, 0) is 61.3 Å². The third kappa shape index (κ3) is 3.42. The first-order chi connectivity index (χ1) is 14.9. The van der Waals surface area contributed by atoms with E-state index in [4.69, 9.17) is 14.6 Å². The summed E-state index contributed by atoms with van der Waals surface area (Å²) in [4.78, 5) is 13.1. The molecule has 0 spiro atoms. The van der Waals surface area contributed by atoms with Crippen molar-refractivity contribution in [2.45, 2.75) is 55.9 Å². The van der Waals surface area contributed by atoms with Gasteiger partial charge in [-0.1, -0.05) is 6.07 Å². The molecule has 2 aliphatic carbocycles. The second kappa shape index (κ2) is 7.61. The van der Waals surface area contributed by atoms with Crippen LogP contribution in [-0.2, 0) is 33.9 Å². The van der Waals surface area contributed by atoms with Crippen molar-refractivity contribution < 1.29 is 18.5 Å². The molecule has 3 aliphatic rings. The third-order valence-electron chi connectivity index (χ3n) is 6.43. The van der Waals surface area contributed by atoms with Gasteiger partial charge in [-0.25, -0.2) is 18.8 Å². The minimum absolute atomic E-state index is 0.0139. The number of amides is 2. The molecular formula is C21H27N5O4S. The molecule has 31 heavy (non-hydrogen) atoms. The van der Waals surface area contributed by atoms with Crippen molar-refractivity contribution in [3.8, 4) is 5.88 Å². The molecule has 166 valence electrons. The standard InChI is InChI=1S/C21H27N5O4S/c1-12-10-30-20-17(9-23-26(12)20)31(22,28)25-21(27)24-19-16-5-3-4-13(16)8-14-6-7-15(11-29-2)18(14)19/h8-9,12,15H,3-7,10-11H2,1-2H3,(H3,22,24,25,27,28)/t12-,15+,31?/m1/s1. The van der Waals surface area contributed by atoms with E-state index in [2.05, 4.69) is 20.8 Å². The minimum Gasteiger partial charge on any atom is -0.475 e. The summed E-state index contributed by atoms with van der Waals surface area (Å²) in [5, 5.41) is 13.1. The number of methoxy groups -OCH3 is 1. The molecule has 0 saturated carbocycles. The smallest absolute Gasteiger partial charge is 0.354 e. The predicted octanol–water partition coefficient (Wildman–Crippen LogP) is 2.93. The Morgan fingerprint density at radius 3 is 3.06 bits per heavy atom. The SMILES string of the molecule is COC[C@@H]1CCc2cc3c(c(NC(=O)N=S(N)(=O)c4cnn5c4OC[C@H]5C)c21)CCC3. The second-order valence-corrected chi connectivity index (χ2v) is 10.3. The van der Waals surface area contributed by atoms with Crippen molar-refractivity contribution >= 4 is 21.6 Å². The molecule has 9 nitrogen and oxygen atoms in total. The summed E-state index contributed by atoms with van der Waals surface area (Å²) in [6.07, 6.45) is 6.28. The first-order valence-corrected chi connectivity index (χ1v) is 12.2. The highest BCUT2D eigenvalue weighted by molar-refractivity contribution is 7.91. The molecule has 1 aliphatic heterocycles. The maximum absolute atomic E-state index is 13.1. The van der Waals surface area contributed by atoms with E-state index in [0.717, 1.165) is 48.9 Å². The van der Waals surface area contributed by atoms with Crippen molar-refractivity contribution in [1.82, 2.24) is 9.78 Å². The van der Waals surface area contributed by atoms with E-state index in [0.29, 0.717) is 19.1 Å². The van der Waals surface area contributed by atoms with Crippen molar-refractivity contribution in [3.05, 3.63) is 34.5 Å². The van der Waals surface area contributed by atoms with E-state index in [1.165, 1.54) is 17.3 Å². The Morgan fingerprint density at radius 2 is 2.26 bits per heavy atom. The lowest BCUT2D eigenvalue weighted by molar-refractivity contribution is 0.179. The molecule has 2 heterocycles. The Morgan fingerprint density at radius 1 is 1.42 bits per heavy atom. The fourth-order valence-electron chi connectivity index (χ4n) is 5.04. The summed E-state index contributed by atoms with van der Waals surface area (Å²) in [5.74, 6) is 0.537. The van der Waals surface area contributed by atoms with Gasteiger partial charge >= 0.3 is 6.03 Å². The van der Waals surface area contributed by atoms with Crippen LogP contribution < -0.4 is 15.2 Å². The van der Waals surface area contributed by atoms with Crippen LogP contribution in [-0.4, -0.2) is 40.3 Å². The van der Waals surface area contributed by atoms with E-state index in [-0.39, 0.29) is 16.9 Å². The van der Waals surface area contributed by atoms with Gasteiger partial charge in [0.05, 0.1) is 18.8 Å². The molecule has 0 radical (unpaired) electrons. The van der Waals surface area contributed by atoms with Crippen LogP contribution in [0, 0.1) is 0 Å². The van der Waals surface area contributed by atoms with Gasteiger partial charge in [-0.15, -0.1) is 4.36 Å². The number of carbonyl (C=O) groups is 1. The number of urea groups is 1. The fourth-order valence-corrected chi connectivity index (χ4v) is 6.03. The number of hydrogen-bond acceptors (Lipinski definition) is 5. The van der Waals surface area contributed by atoms with E-state index >= 15 is 0 Å². The molecule has 1 aromatic carbocycles. The maximum Gasteiger partial charge on any atom is 0.354 e. The Balaban J connectivity index is 1.50. The molecule has 2 aromatic rings. The van der Waals surface area contributed by atoms with Gasteiger partial charge < -0.3 is 14.8 Å². The summed E-state index contributed by atoms with van der Waals surface area (Å²) >= 11 is 0. The summed E-state index contributed by atoms with van der Waals surface area (Å²) in [7, 11) is -1.82. The molecule has 1 aromatic heterocycles. The summed E-state index contributed by atoms with van der Waals surface area (Å²) < 4.78 is 29.6. The van der Waals surface area contributed by atoms with Crippen molar-refractivity contribution in [2.24, 2.45) is 9.50 Å². The number of nitrogens with one attached hydrogen (secondary N) is 1.